The van der Waals surface area contributed by atoms with Crippen molar-refractivity contribution < 1.29 is 47.9 Å². The third kappa shape index (κ3) is 14.9. The molecule has 0 aromatic heterocycles. The van der Waals surface area contributed by atoms with Crippen molar-refractivity contribution in [1.82, 2.24) is 52.3 Å². The third-order valence-corrected chi connectivity index (χ3v) is 15.9. The highest BCUT2D eigenvalue weighted by Crippen LogP contribution is 2.44. The fraction of sp³-hybridized carbons (Fsp3) is 0.542. The summed E-state index contributed by atoms with van der Waals surface area (Å²) in [6.45, 7) is 9.08. The van der Waals surface area contributed by atoms with Gasteiger partial charge in [-0.25, -0.2) is 4.79 Å². The Labute approximate surface area is 463 Å². The zero-order valence-corrected chi connectivity index (χ0v) is 46.7. The molecule has 2 aliphatic heterocycles. The van der Waals surface area contributed by atoms with E-state index in [0.29, 0.717) is 6.29 Å². The number of nitrogens with zero attached hydrogens (tertiary/aromatic N) is 2. The van der Waals surface area contributed by atoms with Crippen molar-refractivity contribution in [1.29, 1.82) is 0 Å². The zero-order valence-electron chi connectivity index (χ0n) is 46.7. The van der Waals surface area contributed by atoms with Gasteiger partial charge in [0, 0.05) is 44.4 Å². The van der Waals surface area contributed by atoms with Crippen molar-refractivity contribution in [2.45, 2.75) is 159 Å². The van der Waals surface area contributed by atoms with Gasteiger partial charge >= 0.3 is 6.09 Å². The Hall–Kier alpha value is -7.19. The van der Waals surface area contributed by atoms with Crippen molar-refractivity contribution in [2.24, 2.45) is 5.41 Å². The Bertz CT molecular complexity index is 2670. The number of carbonyl (C=O) groups is 9. The molecule has 2 aliphatic carbocycles. The van der Waals surface area contributed by atoms with Crippen LogP contribution in [0.4, 0.5) is 4.79 Å². The predicted molar refractivity (Wildman–Crippen MR) is 297 cm³/mol. The first-order valence-corrected chi connectivity index (χ1v) is 27.9. The number of amides is 8. The second-order valence-electron chi connectivity index (χ2n) is 22.5. The van der Waals surface area contributed by atoms with Gasteiger partial charge in [0.1, 0.15) is 31.0 Å². The van der Waals surface area contributed by atoms with E-state index in [1.165, 1.54) is 9.80 Å². The molecule has 7 rings (SSSR count). The van der Waals surface area contributed by atoms with E-state index in [4.69, 9.17) is 4.74 Å². The Morgan fingerprint density at radius 1 is 0.696 bits per heavy atom. The summed E-state index contributed by atoms with van der Waals surface area (Å²) in [4.78, 5) is 124. The minimum Gasteiger partial charge on any atom is -0.449 e. The molecule has 0 bridgehead atoms. The molecule has 20 nitrogen and oxygen atoms in total. The fourth-order valence-electron chi connectivity index (χ4n) is 11.2. The maximum absolute atomic E-state index is 14.8. The molecule has 8 N–H and O–H groups in total. The van der Waals surface area contributed by atoms with Gasteiger partial charge in [-0.3, -0.25) is 33.6 Å². The molecule has 3 aromatic carbocycles. The molecule has 4 aliphatic rings. The van der Waals surface area contributed by atoms with Crippen LogP contribution in [-0.4, -0.2) is 152 Å². The van der Waals surface area contributed by atoms with E-state index >= 15 is 0 Å². The molecule has 0 saturated carbocycles. The Balaban J connectivity index is 0.939. The van der Waals surface area contributed by atoms with Gasteiger partial charge in [0.2, 0.25) is 41.4 Å². The van der Waals surface area contributed by atoms with E-state index in [1.807, 2.05) is 75.4 Å². The van der Waals surface area contributed by atoms with Crippen molar-refractivity contribution in [3.8, 4) is 11.1 Å². The van der Waals surface area contributed by atoms with Crippen LogP contribution in [0, 0.1) is 5.41 Å². The normalized spacial score (nSPS) is 21.0. The lowest BCUT2D eigenvalue weighted by Crippen LogP contribution is -2.58. The minimum absolute atomic E-state index is 0.00738. The lowest BCUT2D eigenvalue weighted by Gasteiger charge is -2.35. The van der Waals surface area contributed by atoms with Gasteiger partial charge in [0.05, 0.1) is 30.2 Å². The Morgan fingerprint density at radius 3 is 1.94 bits per heavy atom. The van der Waals surface area contributed by atoms with E-state index in [2.05, 4.69) is 60.7 Å². The Kier molecular flexibility index (Phi) is 20.4. The van der Waals surface area contributed by atoms with Gasteiger partial charge in [-0.05, 0) is 118 Å². The average Bonchev–Trinajstić information content (AvgIpc) is 4.18. The first kappa shape index (κ1) is 59.5. The summed E-state index contributed by atoms with van der Waals surface area (Å²) in [5.74, 6) is -2.94. The standard InChI is InChI=1S/C59H80N10O10/c1-35(60-6)53(73)66-48(25-16-28-62-50(71)26-15-27-51(72)63-38-29-40(33-70)68(31-38)57(77)52(59(3,4)5)67-54(74)36(2)61-7)56(76)69-32-39(30-49(69)55(75)65-47-24-14-18-37-17-8-9-19-41(37)47)64-58(78)79-34-46-44-22-12-10-20-42(44)43-21-11-13-23-45(43)46/h8-13,17,19-23,33,35-36,38-40,46-49,52,60-61H,14-16,18,24-32,34H2,1-7H3,(H,62,71)(H,63,72)(H,64,78)(H,65,75)(H,66,73)(H,67,74)/t35-,36-,38-,39-,40-,47+,48-,49-,52+/m0/s1. The highest BCUT2D eigenvalue weighted by molar-refractivity contribution is 5.94. The number of rotatable bonds is 23. The topological polar surface area (TPSA) is 266 Å². The molecule has 426 valence electrons. The molecule has 0 unspecified atom stereocenters. The molecule has 8 amide bonds. The van der Waals surface area contributed by atoms with Crippen LogP contribution >= 0.6 is 0 Å². The molecule has 2 saturated heterocycles. The minimum atomic E-state index is -1.09. The summed E-state index contributed by atoms with van der Waals surface area (Å²) in [5, 5.41) is 23.3. The van der Waals surface area contributed by atoms with Gasteiger partial charge in [-0.1, -0.05) is 93.6 Å². The largest absolute Gasteiger partial charge is 0.449 e. The highest BCUT2D eigenvalue weighted by atomic mass is 16.5. The van der Waals surface area contributed by atoms with Crippen LogP contribution < -0.4 is 42.5 Å². The van der Waals surface area contributed by atoms with E-state index < -0.39 is 77.6 Å². The van der Waals surface area contributed by atoms with E-state index in [1.54, 1.807) is 27.9 Å². The second-order valence-corrected chi connectivity index (χ2v) is 22.5. The monoisotopic (exact) mass is 1090 g/mol. The zero-order chi connectivity index (χ0) is 57.0. The molecule has 79 heavy (non-hydrogen) atoms. The molecule has 20 heteroatoms. The fourth-order valence-corrected chi connectivity index (χ4v) is 11.2. The first-order chi connectivity index (χ1) is 37.8. The SMILES string of the molecule is CN[C@@H](C)C(=O)N[C@@H](CCCNC(=O)CCCC(=O)N[C@H]1C[C@@H](C=O)N(C(=O)[C@@H](NC(=O)[C@H](C)NC)C(C)(C)C)C1)C(=O)N1C[C@@H](NC(=O)OCC2c3ccccc3-c3ccccc32)C[C@H]1C(=O)N[C@@H]1CCCc2ccccc21. The van der Waals surface area contributed by atoms with Gasteiger partial charge in [-0.2, -0.15) is 0 Å². The summed E-state index contributed by atoms with van der Waals surface area (Å²) in [6.07, 6.45) is 3.39. The van der Waals surface area contributed by atoms with Crippen LogP contribution in [0.25, 0.3) is 11.1 Å². The van der Waals surface area contributed by atoms with Gasteiger partial charge in [0.15, 0.2) is 0 Å². The summed E-state index contributed by atoms with van der Waals surface area (Å²) in [5.41, 5.74) is 5.81. The van der Waals surface area contributed by atoms with Crippen LogP contribution in [0.1, 0.15) is 127 Å². The number of hydrogen-bond donors (Lipinski definition) is 8. The summed E-state index contributed by atoms with van der Waals surface area (Å²) in [6, 6.07) is 17.6. The first-order valence-electron chi connectivity index (χ1n) is 27.9. The summed E-state index contributed by atoms with van der Waals surface area (Å²) in [7, 11) is 3.26. The number of likely N-dealkylation sites (N-methyl/N-ethyl adjacent to an activating group) is 2. The van der Waals surface area contributed by atoms with Gasteiger partial charge in [-0.15, -0.1) is 0 Å². The lowest BCUT2D eigenvalue weighted by atomic mass is 9.85. The van der Waals surface area contributed by atoms with Crippen molar-refractivity contribution in [3.05, 3.63) is 95.1 Å². The van der Waals surface area contributed by atoms with E-state index in [0.717, 1.165) is 52.6 Å². The molecule has 9 atom stereocenters. The maximum atomic E-state index is 14.8. The molecule has 0 spiro atoms. The van der Waals surface area contributed by atoms with E-state index in [-0.39, 0.29) is 107 Å². The number of alkyl carbamates (subject to hydrolysis) is 1. The van der Waals surface area contributed by atoms with Crippen LogP contribution in [0.15, 0.2) is 72.8 Å². The molecule has 2 heterocycles. The highest BCUT2D eigenvalue weighted by Gasteiger charge is 2.45. The number of aryl methyl sites for hydroxylation is 1. The number of ether oxygens (including phenoxy) is 1. The third-order valence-electron chi connectivity index (χ3n) is 15.9. The number of likely N-dealkylation sites (tertiary alicyclic amines) is 2. The quantitative estimate of drug-likeness (QED) is 0.0503. The van der Waals surface area contributed by atoms with E-state index in [9.17, 15) is 43.2 Å². The smallest absolute Gasteiger partial charge is 0.407 e. The van der Waals surface area contributed by atoms with Crippen molar-refractivity contribution >= 4 is 53.7 Å². The van der Waals surface area contributed by atoms with Crippen LogP contribution in [0.3, 0.4) is 0 Å². The average molecular weight is 1090 g/mol. The summed E-state index contributed by atoms with van der Waals surface area (Å²) >= 11 is 0. The number of aldehydes is 1. The van der Waals surface area contributed by atoms with Crippen LogP contribution in [0.5, 0.6) is 0 Å². The van der Waals surface area contributed by atoms with Crippen LogP contribution in [0.2, 0.25) is 0 Å². The lowest BCUT2D eigenvalue weighted by molar-refractivity contribution is -0.142. The molecule has 2 fully saturated rings. The van der Waals surface area contributed by atoms with Crippen molar-refractivity contribution in [2.75, 3.05) is 40.3 Å². The second kappa shape index (κ2) is 27.1. The number of hydrogen-bond acceptors (Lipinski definition) is 12. The number of benzene rings is 3. The van der Waals surface area contributed by atoms with Crippen molar-refractivity contribution in [3.63, 3.8) is 0 Å². The van der Waals surface area contributed by atoms with Crippen LogP contribution in [-0.2, 0) is 49.5 Å². The number of carbonyl (C=O) groups excluding carboxylic acids is 9. The van der Waals surface area contributed by atoms with Gasteiger partial charge in [0.25, 0.3) is 0 Å². The Morgan fingerprint density at radius 2 is 1.29 bits per heavy atom. The van der Waals surface area contributed by atoms with Gasteiger partial charge < -0.3 is 61.9 Å². The molecule has 3 aromatic rings. The molecular weight excluding hydrogens is 1010 g/mol. The predicted octanol–water partition coefficient (Wildman–Crippen LogP) is 3.27. The molecular formula is C59H80N10O10. The maximum Gasteiger partial charge on any atom is 0.407 e. The number of nitrogens with one attached hydrogen (secondary N) is 8. The summed E-state index contributed by atoms with van der Waals surface area (Å²) < 4.78 is 5.88. The molecule has 0 radical (unpaired) electrons. The number of fused-ring (bicyclic) bond motifs is 4.